The standard InChI is InChI=1S/C21H32N6O4/c1-5-14-7-6-8-16(11-14)31-13-15(28)12-27-17-18(26(4)21(30)24-19(17)29)23-20(27)22-9-10-25(2)3/h6-8,11,15,17-18,28H,5,9-10,12-13H2,1-4H3,(H,22,23)(H,24,29,30). The highest BCUT2D eigenvalue weighted by Gasteiger charge is 2.50. The molecular formula is C21H32N6O4. The van der Waals surface area contributed by atoms with Crippen LogP contribution >= 0.6 is 0 Å². The van der Waals surface area contributed by atoms with E-state index in [0.717, 1.165) is 18.5 Å². The van der Waals surface area contributed by atoms with Crippen LogP contribution in [0.2, 0.25) is 0 Å². The SMILES string of the molecule is CCc1cccc(OCC(O)CN2C(=NCCN(C)C)NC3C2C(=O)NC(=O)N3C)c1. The highest BCUT2D eigenvalue weighted by molar-refractivity contribution is 6.04. The molecule has 3 amide bonds. The zero-order valence-electron chi connectivity index (χ0n) is 18.5. The number of imide groups is 1. The maximum absolute atomic E-state index is 12.6. The topological polar surface area (TPSA) is 110 Å². The Hall–Kier alpha value is -2.85. The third kappa shape index (κ3) is 5.45. The summed E-state index contributed by atoms with van der Waals surface area (Å²) in [7, 11) is 5.52. The summed E-state index contributed by atoms with van der Waals surface area (Å²) < 4.78 is 5.76. The van der Waals surface area contributed by atoms with Crippen LogP contribution in [0.1, 0.15) is 12.5 Å². The summed E-state index contributed by atoms with van der Waals surface area (Å²) in [6, 6.07) is 6.60. The first-order chi connectivity index (χ1) is 14.8. The number of nitrogens with zero attached hydrogens (tertiary/aromatic N) is 4. The molecule has 2 heterocycles. The molecule has 170 valence electrons. The molecule has 2 fully saturated rings. The molecule has 0 spiro atoms. The number of carbonyl (C=O) groups is 2. The van der Waals surface area contributed by atoms with Gasteiger partial charge >= 0.3 is 6.03 Å². The van der Waals surface area contributed by atoms with Crippen molar-refractivity contribution in [2.75, 3.05) is 47.4 Å². The molecule has 31 heavy (non-hydrogen) atoms. The Bertz CT molecular complexity index is 830. The van der Waals surface area contributed by atoms with Crippen LogP contribution in [0.25, 0.3) is 0 Å². The van der Waals surface area contributed by atoms with E-state index in [9.17, 15) is 14.7 Å². The van der Waals surface area contributed by atoms with E-state index in [4.69, 9.17) is 4.74 Å². The van der Waals surface area contributed by atoms with Gasteiger partial charge in [0.25, 0.3) is 5.91 Å². The number of aliphatic hydroxyl groups is 1. The molecule has 1 aromatic carbocycles. The van der Waals surface area contributed by atoms with E-state index in [-0.39, 0.29) is 13.2 Å². The molecule has 0 aliphatic carbocycles. The number of rotatable bonds is 9. The number of carbonyl (C=O) groups excluding carboxylic acids is 2. The molecule has 0 radical (unpaired) electrons. The first-order valence-electron chi connectivity index (χ1n) is 10.5. The van der Waals surface area contributed by atoms with Crippen molar-refractivity contribution in [2.45, 2.75) is 31.7 Å². The van der Waals surface area contributed by atoms with Crippen LogP contribution in [0.4, 0.5) is 4.79 Å². The van der Waals surface area contributed by atoms with Gasteiger partial charge in [-0.3, -0.25) is 15.1 Å². The van der Waals surface area contributed by atoms with Crippen molar-refractivity contribution < 1.29 is 19.4 Å². The summed E-state index contributed by atoms with van der Waals surface area (Å²) in [6.45, 7) is 3.52. The average molecular weight is 433 g/mol. The Morgan fingerprint density at radius 1 is 1.32 bits per heavy atom. The normalized spacial score (nSPS) is 23.1. The van der Waals surface area contributed by atoms with Crippen LogP contribution in [0.3, 0.4) is 0 Å². The summed E-state index contributed by atoms with van der Waals surface area (Å²) in [4.78, 5) is 34.3. The molecule has 1 aromatic rings. The van der Waals surface area contributed by atoms with E-state index >= 15 is 0 Å². The molecule has 3 N–H and O–H groups in total. The second kappa shape index (κ2) is 9.97. The zero-order chi connectivity index (χ0) is 22.5. The summed E-state index contributed by atoms with van der Waals surface area (Å²) in [5, 5.41) is 16.2. The Morgan fingerprint density at radius 2 is 2.10 bits per heavy atom. The highest BCUT2D eigenvalue weighted by atomic mass is 16.5. The van der Waals surface area contributed by atoms with Gasteiger partial charge in [-0.1, -0.05) is 19.1 Å². The number of urea groups is 1. The lowest BCUT2D eigenvalue weighted by molar-refractivity contribution is -0.127. The number of amides is 3. The number of nitrogens with one attached hydrogen (secondary N) is 2. The number of hydrogen-bond acceptors (Lipinski definition) is 6. The van der Waals surface area contributed by atoms with Gasteiger partial charge in [-0.25, -0.2) is 4.79 Å². The molecular weight excluding hydrogens is 400 g/mol. The minimum Gasteiger partial charge on any atom is -0.491 e. The number of benzene rings is 1. The number of hydrogen-bond donors (Lipinski definition) is 3. The first-order valence-corrected chi connectivity index (χ1v) is 10.5. The van der Waals surface area contributed by atoms with Crippen molar-refractivity contribution in [3.63, 3.8) is 0 Å². The van der Waals surface area contributed by atoms with Crippen LogP contribution in [-0.4, -0.2) is 103 Å². The minimum atomic E-state index is -0.861. The van der Waals surface area contributed by atoms with Gasteiger partial charge in [-0.15, -0.1) is 0 Å². The maximum atomic E-state index is 12.6. The van der Waals surface area contributed by atoms with Gasteiger partial charge in [0.2, 0.25) is 0 Å². The number of aliphatic imine (C=N–C) groups is 1. The lowest BCUT2D eigenvalue weighted by atomic mass is 10.1. The lowest BCUT2D eigenvalue weighted by Crippen LogP contribution is -2.65. The van der Waals surface area contributed by atoms with Gasteiger partial charge in [0, 0.05) is 13.6 Å². The highest BCUT2D eigenvalue weighted by Crippen LogP contribution is 2.21. The largest absolute Gasteiger partial charge is 0.491 e. The Kier molecular flexibility index (Phi) is 7.34. The quantitative estimate of drug-likeness (QED) is 0.491. The maximum Gasteiger partial charge on any atom is 0.325 e. The fourth-order valence-electron chi connectivity index (χ4n) is 3.60. The molecule has 10 heteroatoms. The van der Waals surface area contributed by atoms with E-state index in [1.807, 2.05) is 43.3 Å². The monoisotopic (exact) mass is 432 g/mol. The minimum absolute atomic E-state index is 0.0718. The predicted octanol–water partition coefficient (Wildman–Crippen LogP) is -0.312. The van der Waals surface area contributed by atoms with Crippen LogP contribution < -0.4 is 15.4 Å². The number of ether oxygens (including phenoxy) is 1. The predicted molar refractivity (Wildman–Crippen MR) is 117 cm³/mol. The molecule has 2 saturated heterocycles. The van der Waals surface area contributed by atoms with E-state index < -0.39 is 30.2 Å². The molecule has 0 aromatic heterocycles. The number of likely N-dealkylation sites (N-methyl/N-ethyl adjacent to an activating group) is 2. The van der Waals surface area contributed by atoms with Crippen molar-refractivity contribution in [3.05, 3.63) is 29.8 Å². The van der Waals surface area contributed by atoms with Crippen molar-refractivity contribution in [2.24, 2.45) is 4.99 Å². The van der Waals surface area contributed by atoms with Gasteiger partial charge < -0.3 is 29.9 Å². The number of guanidine groups is 1. The van der Waals surface area contributed by atoms with E-state index in [2.05, 4.69) is 22.5 Å². The molecule has 10 nitrogen and oxygen atoms in total. The molecule has 2 aliphatic rings. The van der Waals surface area contributed by atoms with Gasteiger partial charge in [0.1, 0.15) is 24.6 Å². The molecule has 3 rings (SSSR count). The molecule has 2 aliphatic heterocycles. The van der Waals surface area contributed by atoms with Crippen LogP contribution in [0.5, 0.6) is 5.75 Å². The second-order valence-corrected chi connectivity index (χ2v) is 8.07. The third-order valence-corrected chi connectivity index (χ3v) is 5.39. The number of fused-ring (bicyclic) bond motifs is 1. The Balaban J connectivity index is 1.71. The van der Waals surface area contributed by atoms with Crippen LogP contribution in [0.15, 0.2) is 29.3 Å². The zero-order valence-corrected chi connectivity index (χ0v) is 18.5. The average Bonchev–Trinajstić information content (AvgIpc) is 3.09. The van der Waals surface area contributed by atoms with Crippen molar-refractivity contribution in [3.8, 4) is 5.75 Å². The Labute approximate surface area is 182 Å². The third-order valence-electron chi connectivity index (χ3n) is 5.39. The van der Waals surface area contributed by atoms with Crippen molar-refractivity contribution in [1.29, 1.82) is 0 Å². The number of aryl methyl sites for hydroxylation is 1. The number of aliphatic hydroxyl groups excluding tert-OH is 1. The van der Waals surface area contributed by atoms with E-state index in [0.29, 0.717) is 18.3 Å². The fraction of sp³-hybridized carbons (Fsp3) is 0.571. The molecule has 3 unspecified atom stereocenters. The number of β-amino-alcohol motifs (C(OH)–C–C–N with tert-alkyl or cyclic N) is 1. The summed E-state index contributed by atoms with van der Waals surface area (Å²) >= 11 is 0. The smallest absolute Gasteiger partial charge is 0.325 e. The van der Waals surface area contributed by atoms with Gasteiger partial charge in [-0.2, -0.15) is 0 Å². The van der Waals surface area contributed by atoms with Gasteiger partial charge in [0.05, 0.1) is 13.1 Å². The first kappa shape index (κ1) is 22.8. The summed E-state index contributed by atoms with van der Waals surface area (Å²) in [5.74, 6) is 0.763. The van der Waals surface area contributed by atoms with Crippen molar-refractivity contribution >= 4 is 17.9 Å². The molecule has 3 atom stereocenters. The molecule has 0 saturated carbocycles. The van der Waals surface area contributed by atoms with Gasteiger partial charge in [0.15, 0.2) is 12.0 Å². The Morgan fingerprint density at radius 3 is 2.81 bits per heavy atom. The van der Waals surface area contributed by atoms with Crippen LogP contribution in [0, 0.1) is 0 Å². The van der Waals surface area contributed by atoms with Crippen LogP contribution in [-0.2, 0) is 11.2 Å². The second-order valence-electron chi connectivity index (χ2n) is 8.07. The summed E-state index contributed by atoms with van der Waals surface area (Å²) in [5.41, 5.74) is 1.15. The molecule has 0 bridgehead atoms. The van der Waals surface area contributed by atoms with Gasteiger partial charge in [-0.05, 0) is 38.2 Å². The lowest BCUT2D eigenvalue weighted by Gasteiger charge is -2.35. The van der Waals surface area contributed by atoms with E-state index in [1.54, 1.807) is 11.9 Å². The van der Waals surface area contributed by atoms with E-state index in [1.165, 1.54) is 4.90 Å². The fourth-order valence-corrected chi connectivity index (χ4v) is 3.60. The van der Waals surface area contributed by atoms with Crippen molar-refractivity contribution in [1.82, 2.24) is 25.3 Å². The summed E-state index contributed by atoms with van der Waals surface area (Å²) in [6.07, 6.45) is -0.509.